The first-order valence-electron chi connectivity index (χ1n) is 12.2. The number of aryl methyl sites for hydroxylation is 2. The second kappa shape index (κ2) is 8.15. The van der Waals surface area contributed by atoms with Crippen molar-refractivity contribution in [3.8, 4) is 5.75 Å². The zero-order chi connectivity index (χ0) is 23.4. The van der Waals surface area contributed by atoms with Crippen LogP contribution in [0.15, 0.2) is 44.3 Å². The minimum atomic E-state index is -0.255. The zero-order valence-electron chi connectivity index (χ0n) is 19.3. The van der Waals surface area contributed by atoms with Crippen molar-refractivity contribution in [3.63, 3.8) is 0 Å². The number of amides is 1. The third-order valence-corrected chi connectivity index (χ3v) is 7.61. The van der Waals surface area contributed by atoms with Crippen LogP contribution in [0.2, 0.25) is 0 Å². The van der Waals surface area contributed by atoms with Crippen LogP contribution in [0, 0.1) is 12.8 Å². The van der Waals surface area contributed by atoms with Crippen LogP contribution in [0.1, 0.15) is 47.6 Å². The minimum absolute atomic E-state index is 0.0385. The van der Waals surface area contributed by atoms with Crippen LogP contribution >= 0.6 is 0 Å². The van der Waals surface area contributed by atoms with E-state index in [-0.39, 0.29) is 35.5 Å². The van der Waals surface area contributed by atoms with Gasteiger partial charge in [-0.25, -0.2) is 4.79 Å². The number of ether oxygens (including phenoxy) is 1. The van der Waals surface area contributed by atoms with Crippen LogP contribution < -0.4 is 15.9 Å². The highest BCUT2D eigenvalue weighted by Crippen LogP contribution is 2.36. The SMILES string of the molecule is Cc1cc(OCC(=O)N2CC3CC(C2)c2cccc(=O)n2C3)c2c3c(c(=O)oc2c1)CCCC3. The number of rotatable bonds is 3. The Kier molecular flexibility index (Phi) is 5.08. The largest absolute Gasteiger partial charge is 0.483 e. The summed E-state index contributed by atoms with van der Waals surface area (Å²) < 4.78 is 13.6. The third kappa shape index (κ3) is 3.54. The van der Waals surface area contributed by atoms with E-state index in [1.807, 2.05) is 34.6 Å². The van der Waals surface area contributed by atoms with Gasteiger partial charge in [-0.3, -0.25) is 9.59 Å². The van der Waals surface area contributed by atoms with Gasteiger partial charge in [0, 0.05) is 42.9 Å². The van der Waals surface area contributed by atoms with Crippen molar-refractivity contribution in [3.05, 3.63) is 73.5 Å². The minimum Gasteiger partial charge on any atom is -0.483 e. The fourth-order valence-corrected chi connectivity index (χ4v) is 6.11. The average Bonchev–Trinajstić information content (AvgIpc) is 2.83. The van der Waals surface area contributed by atoms with E-state index in [2.05, 4.69) is 0 Å². The summed E-state index contributed by atoms with van der Waals surface area (Å²) in [5.41, 5.74) is 4.01. The van der Waals surface area contributed by atoms with Gasteiger partial charge in [0.05, 0.1) is 5.39 Å². The molecule has 2 aromatic heterocycles. The van der Waals surface area contributed by atoms with Gasteiger partial charge in [-0.2, -0.15) is 0 Å². The number of carbonyl (C=O) groups is 1. The summed E-state index contributed by atoms with van der Waals surface area (Å²) in [7, 11) is 0. The first-order chi connectivity index (χ1) is 16.5. The molecule has 4 heterocycles. The van der Waals surface area contributed by atoms with Gasteiger partial charge in [0.1, 0.15) is 11.3 Å². The maximum absolute atomic E-state index is 13.2. The van der Waals surface area contributed by atoms with Gasteiger partial charge in [-0.05, 0) is 74.3 Å². The van der Waals surface area contributed by atoms with Crippen molar-refractivity contribution in [2.24, 2.45) is 5.92 Å². The van der Waals surface area contributed by atoms with Crippen molar-refractivity contribution in [1.82, 2.24) is 9.47 Å². The first-order valence-corrected chi connectivity index (χ1v) is 12.2. The Morgan fingerprint density at radius 1 is 1.09 bits per heavy atom. The summed E-state index contributed by atoms with van der Waals surface area (Å²) in [6.07, 6.45) is 4.55. The molecule has 0 radical (unpaired) electrons. The highest BCUT2D eigenvalue weighted by atomic mass is 16.5. The normalized spacial score (nSPS) is 21.1. The third-order valence-electron chi connectivity index (χ3n) is 7.61. The summed E-state index contributed by atoms with van der Waals surface area (Å²) in [6, 6.07) is 9.21. The summed E-state index contributed by atoms with van der Waals surface area (Å²) in [4.78, 5) is 39.8. The lowest BCUT2D eigenvalue weighted by molar-refractivity contribution is -0.136. The van der Waals surface area contributed by atoms with Crippen molar-refractivity contribution >= 4 is 16.9 Å². The highest BCUT2D eigenvalue weighted by molar-refractivity contribution is 5.89. The predicted molar refractivity (Wildman–Crippen MR) is 127 cm³/mol. The van der Waals surface area contributed by atoms with Crippen LogP contribution in [0.4, 0.5) is 0 Å². The van der Waals surface area contributed by atoms with Crippen molar-refractivity contribution in [2.75, 3.05) is 19.7 Å². The molecule has 1 aromatic carbocycles. The molecule has 34 heavy (non-hydrogen) atoms. The molecule has 1 aliphatic carbocycles. The van der Waals surface area contributed by atoms with Gasteiger partial charge in [0.2, 0.25) is 0 Å². The summed E-state index contributed by atoms with van der Waals surface area (Å²) >= 11 is 0. The van der Waals surface area contributed by atoms with E-state index in [0.717, 1.165) is 59.9 Å². The van der Waals surface area contributed by atoms with E-state index in [9.17, 15) is 14.4 Å². The number of pyridine rings is 1. The average molecular weight is 461 g/mol. The molecule has 2 unspecified atom stereocenters. The number of hydrogen-bond donors (Lipinski definition) is 0. The summed E-state index contributed by atoms with van der Waals surface area (Å²) in [5.74, 6) is 1.00. The number of benzene rings is 1. The standard InChI is InChI=1S/C27H28N2O5/c1-16-9-22(26-19-5-2-3-6-20(19)27(32)34-23(26)10-16)33-15-25(31)28-12-17-11-18(14-28)21-7-4-8-24(30)29(21)13-17/h4,7-10,17-18H,2-3,5-6,11-15H2,1H3. The lowest BCUT2D eigenvalue weighted by atomic mass is 9.83. The number of nitrogens with zero attached hydrogens (tertiary/aromatic N) is 2. The summed E-state index contributed by atoms with van der Waals surface area (Å²) in [6.45, 7) is 3.76. The lowest BCUT2D eigenvalue weighted by Gasteiger charge is -2.42. The fourth-order valence-electron chi connectivity index (χ4n) is 6.11. The molecule has 2 aliphatic heterocycles. The zero-order valence-corrected chi connectivity index (χ0v) is 19.3. The van der Waals surface area contributed by atoms with Crippen LogP contribution in [0.3, 0.4) is 0 Å². The molecule has 0 saturated carbocycles. The molecular formula is C27H28N2O5. The Balaban J connectivity index is 1.25. The monoisotopic (exact) mass is 460 g/mol. The molecule has 6 rings (SSSR count). The number of carbonyl (C=O) groups excluding carboxylic acids is 1. The molecule has 7 heteroatoms. The van der Waals surface area contributed by atoms with E-state index in [1.54, 1.807) is 12.1 Å². The Morgan fingerprint density at radius 3 is 2.76 bits per heavy atom. The molecule has 0 N–H and O–H groups in total. The van der Waals surface area contributed by atoms with E-state index in [4.69, 9.17) is 9.15 Å². The molecule has 1 saturated heterocycles. The maximum atomic E-state index is 13.2. The topological polar surface area (TPSA) is 81.8 Å². The Bertz CT molecular complexity index is 1420. The van der Waals surface area contributed by atoms with Crippen molar-refractivity contribution in [2.45, 2.75) is 51.5 Å². The van der Waals surface area contributed by atoms with E-state index in [0.29, 0.717) is 31.0 Å². The molecule has 176 valence electrons. The maximum Gasteiger partial charge on any atom is 0.339 e. The van der Waals surface area contributed by atoms with Gasteiger partial charge < -0.3 is 18.6 Å². The molecule has 3 aliphatic rings. The van der Waals surface area contributed by atoms with Crippen LogP contribution in [0.25, 0.3) is 11.0 Å². The molecule has 3 aromatic rings. The van der Waals surface area contributed by atoms with Crippen molar-refractivity contribution in [1.29, 1.82) is 0 Å². The van der Waals surface area contributed by atoms with Crippen molar-refractivity contribution < 1.29 is 13.9 Å². The predicted octanol–water partition coefficient (Wildman–Crippen LogP) is 3.17. The van der Waals surface area contributed by atoms with Gasteiger partial charge in [0.25, 0.3) is 11.5 Å². The van der Waals surface area contributed by atoms with Crippen LogP contribution in [-0.4, -0.2) is 35.1 Å². The van der Waals surface area contributed by atoms with Gasteiger partial charge >= 0.3 is 5.63 Å². The van der Waals surface area contributed by atoms with E-state index in [1.165, 1.54) is 0 Å². The molecule has 1 amide bonds. The second-order valence-electron chi connectivity index (χ2n) is 9.98. The Morgan fingerprint density at radius 2 is 1.91 bits per heavy atom. The van der Waals surface area contributed by atoms with Gasteiger partial charge in [-0.15, -0.1) is 0 Å². The smallest absolute Gasteiger partial charge is 0.339 e. The molecule has 0 spiro atoms. The first kappa shape index (κ1) is 21.2. The van der Waals surface area contributed by atoms with Gasteiger partial charge in [-0.1, -0.05) is 6.07 Å². The van der Waals surface area contributed by atoms with E-state index < -0.39 is 0 Å². The number of likely N-dealkylation sites (tertiary alicyclic amines) is 1. The Labute approximate surface area is 196 Å². The van der Waals surface area contributed by atoms with Gasteiger partial charge in [0.15, 0.2) is 6.61 Å². The number of aromatic nitrogens is 1. The quantitative estimate of drug-likeness (QED) is 0.561. The molecule has 7 nitrogen and oxygen atoms in total. The lowest BCUT2D eigenvalue weighted by Crippen LogP contribution is -2.50. The highest BCUT2D eigenvalue weighted by Gasteiger charge is 2.36. The number of piperidine rings is 1. The number of hydrogen-bond acceptors (Lipinski definition) is 5. The van der Waals surface area contributed by atoms with Crippen LogP contribution in [-0.2, 0) is 24.2 Å². The second-order valence-corrected chi connectivity index (χ2v) is 9.98. The molecule has 2 bridgehead atoms. The van der Waals surface area contributed by atoms with E-state index >= 15 is 0 Å². The molecule has 1 fully saturated rings. The number of fused-ring (bicyclic) bond motifs is 7. The van der Waals surface area contributed by atoms with Crippen LogP contribution in [0.5, 0.6) is 5.75 Å². The fraction of sp³-hybridized carbons (Fsp3) is 0.444. The molecular weight excluding hydrogens is 432 g/mol. The molecule has 2 atom stereocenters. The Hall–Kier alpha value is -3.35. The summed E-state index contributed by atoms with van der Waals surface area (Å²) in [5, 5.41) is 0.830.